The van der Waals surface area contributed by atoms with Gasteiger partial charge >= 0.3 is 5.97 Å². The van der Waals surface area contributed by atoms with Crippen molar-refractivity contribution in [3.8, 4) is 11.5 Å². The van der Waals surface area contributed by atoms with Crippen LogP contribution in [0.5, 0.6) is 11.5 Å². The summed E-state index contributed by atoms with van der Waals surface area (Å²) in [5, 5.41) is 9.42. The molecule has 0 saturated heterocycles. The fourth-order valence-electron chi connectivity index (χ4n) is 4.84. The number of aliphatic carboxylic acids is 1. The normalized spacial score (nSPS) is 11.8. The highest BCUT2D eigenvalue weighted by atomic mass is 16.5. The Hall–Kier alpha value is -4.13. The van der Waals surface area contributed by atoms with E-state index in [1.165, 1.54) is 11.1 Å². The highest BCUT2D eigenvalue weighted by molar-refractivity contribution is 5.73. The van der Waals surface area contributed by atoms with Gasteiger partial charge in [-0.25, -0.2) is 0 Å². The number of hydrogen-bond donors (Lipinski definition) is 2. The number of aryl methyl sites for hydroxylation is 3. The summed E-state index contributed by atoms with van der Waals surface area (Å²) in [5.74, 6) is 0.634. The number of carboxylic acid groups (broad SMARTS) is 1. The number of nitrogens with zero attached hydrogens (tertiary/aromatic N) is 1. The highest BCUT2D eigenvalue weighted by Crippen LogP contribution is 2.28. The van der Waals surface area contributed by atoms with Crippen molar-refractivity contribution < 1.29 is 19.4 Å². The number of rotatable bonds is 14. The van der Waals surface area contributed by atoms with E-state index in [4.69, 9.17) is 15.2 Å². The molecule has 6 nitrogen and oxygen atoms in total. The molecule has 0 fully saturated rings. The molecule has 1 atom stereocenters. The molecule has 6 heteroatoms. The first-order valence-electron chi connectivity index (χ1n) is 14.0. The lowest BCUT2D eigenvalue weighted by atomic mass is 10.1. The van der Waals surface area contributed by atoms with E-state index in [0.29, 0.717) is 39.3 Å². The third-order valence-electron chi connectivity index (χ3n) is 7.14. The van der Waals surface area contributed by atoms with Crippen molar-refractivity contribution in [2.24, 2.45) is 5.73 Å². The number of carbonyl (C=O) groups is 1. The van der Waals surface area contributed by atoms with E-state index in [2.05, 4.69) is 74.2 Å². The number of nitrogens with two attached hydrogens (primary N) is 1. The maximum Gasteiger partial charge on any atom is 0.320 e. The van der Waals surface area contributed by atoms with Crippen LogP contribution in [-0.2, 0) is 31.1 Å². The van der Waals surface area contributed by atoms with Gasteiger partial charge in [-0.2, -0.15) is 0 Å². The first-order valence-corrected chi connectivity index (χ1v) is 14.0. The Labute approximate surface area is 243 Å². The lowest BCUT2D eigenvalue weighted by Gasteiger charge is -2.26. The van der Waals surface area contributed by atoms with E-state index in [0.717, 1.165) is 39.3 Å². The average Bonchev–Trinajstić information content (AvgIpc) is 2.95. The molecule has 3 N–H and O–H groups in total. The monoisotopic (exact) mass is 552 g/mol. The fraction of sp³-hybridized carbons (Fsp3) is 0.286. The Kier molecular flexibility index (Phi) is 10.5. The topological polar surface area (TPSA) is 85.0 Å². The number of benzene rings is 4. The van der Waals surface area contributed by atoms with Gasteiger partial charge in [-0.05, 0) is 56.0 Å². The highest BCUT2D eigenvalue weighted by Gasteiger charge is 2.19. The predicted molar refractivity (Wildman–Crippen MR) is 163 cm³/mol. The summed E-state index contributed by atoms with van der Waals surface area (Å²) < 4.78 is 12.6. The smallest absolute Gasteiger partial charge is 0.320 e. The molecule has 0 saturated carbocycles. The molecule has 0 spiro atoms. The quantitative estimate of drug-likeness (QED) is 0.184. The lowest BCUT2D eigenvalue weighted by molar-refractivity contribution is -0.138. The minimum Gasteiger partial charge on any atom is -0.489 e. The van der Waals surface area contributed by atoms with Crippen LogP contribution in [0.25, 0.3) is 0 Å². The summed E-state index contributed by atoms with van der Waals surface area (Å²) in [4.78, 5) is 13.7. The summed E-state index contributed by atoms with van der Waals surface area (Å²) in [6.45, 7) is 8.82. The molecular formula is C35H40N2O4. The zero-order valence-electron chi connectivity index (χ0n) is 24.2. The molecule has 4 rings (SSSR count). The SMILES string of the molecule is Cc1cccc(COc2ccccc2CN(CC[C@H](N)C(=O)O)Cc2c(C)cccc2OCc2cccc(C)c2)c1. The molecule has 0 heterocycles. The summed E-state index contributed by atoms with van der Waals surface area (Å²) in [7, 11) is 0. The summed E-state index contributed by atoms with van der Waals surface area (Å²) in [5.41, 5.74) is 13.7. The minimum atomic E-state index is -0.995. The van der Waals surface area contributed by atoms with Crippen molar-refractivity contribution in [3.05, 3.63) is 130 Å². The minimum absolute atomic E-state index is 0.326. The predicted octanol–water partition coefficient (Wildman–Crippen LogP) is 6.57. The summed E-state index contributed by atoms with van der Waals surface area (Å²) >= 11 is 0. The van der Waals surface area contributed by atoms with Crippen molar-refractivity contribution in [2.45, 2.75) is 59.5 Å². The second-order valence-electron chi connectivity index (χ2n) is 10.7. The third-order valence-corrected chi connectivity index (χ3v) is 7.14. The molecule has 0 amide bonds. The average molecular weight is 553 g/mol. The fourth-order valence-corrected chi connectivity index (χ4v) is 4.84. The van der Waals surface area contributed by atoms with Crippen LogP contribution >= 0.6 is 0 Å². The lowest BCUT2D eigenvalue weighted by Crippen LogP contribution is -2.35. The molecule has 0 unspecified atom stereocenters. The van der Waals surface area contributed by atoms with Crippen LogP contribution in [0, 0.1) is 20.8 Å². The molecular weight excluding hydrogens is 512 g/mol. The van der Waals surface area contributed by atoms with Crippen molar-refractivity contribution in [2.75, 3.05) is 6.54 Å². The van der Waals surface area contributed by atoms with Crippen LogP contribution in [0.2, 0.25) is 0 Å². The first-order chi connectivity index (χ1) is 19.8. The van der Waals surface area contributed by atoms with E-state index in [1.807, 2.05) is 42.5 Å². The van der Waals surface area contributed by atoms with Crippen LogP contribution in [-0.4, -0.2) is 28.6 Å². The van der Waals surface area contributed by atoms with Gasteiger partial charge in [0.2, 0.25) is 0 Å². The maximum absolute atomic E-state index is 11.5. The van der Waals surface area contributed by atoms with Crippen molar-refractivity contribution in [3.63, 3.8) is 0 Å². The number of hydrogen-bond acceptors (Lipinski definition) is 5. The third kappa shape index (κ3) is 8.93. The van der Waals surface area contributed by atoms with Gasteiger partial charge in [-0.1, -0.05) is 90.0 Å². The number of para-hydroxylation sites is 1. The second kappa shape index (κ2) is 14.5. The van der Waals surface area contributed by atoms with Gasteiger partial charge in [-0.3, -0.25) is 9.69 Å². The van der Waals surface area contributed by atoms with Gasteiger partial charge in [0, 0.05) is 30.8 Å². The Morgan fingerprint density at radius 2 is 1.37 bits per heavy atom. The van der Waals surface area contributed by atoms with Crippen LogP contribution in [0.15, 0.2) is 91.0 Å². The zero-order chi connectivity index (χ0) is 29.2. The van der Waals surface area contributed by atoms with Gasteiger partial charge in [-0.15, -0.1) is 0 Å². The van der Waals surface area contributed by atoms with Gasteiger partial charge in [0.15, 0.2) is 0 Å². The second-order valence-corrected chi connectivity index (χ2v) is 10.7. The molecule has 0 aliphatic carbocycles. The van der Waals surface area contributed by atoms with E-state index in [-0.39, 0.29) is 0 Å². The van der Waals surface area contributed by atoms with E-state index >= 15 is 0 Å². The molecule has 0 aliphatic rings. The van der Waals surface area contributed by atoms with E-state index < -0.39 is 12.0 Å². The van der Waals surface area contributed by atoms with Gasteiger partial charge in [0.1, 0.15) is 30.8 Å². The summed E-state index contributed by atoms with van der Waals surface area (Å²) in [6.07, 6.45) is 0.326. The Morgan fingerprint density at radius 1 is 0.780 bits per heavy atom. The van der Waals surface area contributed by atoms with Crippen molar-refractivity contribution in [1.29, 1.82) is 0 Å². The Balaban J connectivity index is 1.55. The molecule has 0 radical (unpaired) electrons. The van der Waals surface area contributed by atoms with Crippen LogP contribution in [0.3, 0.4) is 0 Å². The van der Waals surface area contributed by atoms with Gasteiger partial charge < -0.3 is 20.3 Å². The van der Waals surface area contributed by atoms with Crippen molar-refractivity contribution in [1.82, 2.24) is 4.90 Å². The van der Waals surface area contributed by atoms with Gasteiger partial charge in [0.25, 0.3) is 0 Å². The molecule has 4 aromatic carbocycles. The van der Waals surface area contributed by atoms with Gasteiger partial charge in [0.05, 0.1) is 0 Å². The zero-order valence-corrected chi connectivity index (χ0v) is 24.2. The maximum atomic E-state index is 11.5. The molecule has 41 heavy (non-hydrogen) atoms. The Morgan fingerprint density at radius 3 is 2.00 bits per heavy atom. The van der Waals surface area contributed by atoms with Crippen molar-refractivity contribution >= 4 is 5.97 Å². The first kappa shape index (κ1) is 29.8. The molecule has 4 aromatic rings. The number of carboxylic acids is 1. The molecule has 0 aromatic heterocycles. The van der Waals surface area contributed by atoms with E-state index in [1.54, 1.807) is 0 Å². The van der Waals surface area contributed by atoms with Crippen LogP contribution in [0.1, 0.15) is 45.4 Å². The van der Waals surface area contributed by atoms with Crippen LogP contribution < -0.4 is 15.2 Å². The number of ether oxygens (including phenoxy) is 2. The standard InChI is InChI=1S/C35H40N2O4/c1-25-9-6-12-28(19-25)23-40-33-15-5-4-14-30(33)21-37(18-17-32(36)35(38)39)22-31-27(3)11-8-16-34(31)41-24-29-13-7-10-26(2)20-29/h4-16,19-20,32H,17-18,21-24,36H2,1-3H3,(H,38,39)/t32-/m0/s1. The van der Waals surface area contributed by atoms with Crippen LogP contribution in [0.4, 0.5) is 0 Å². The van der Waals surface area contributed by atoms with E-state index in [9.17, 15) is 9.90 Å². The molecule has 0 bridgehead atoms. The molecule has 214 valence electrons. The summed E-state index contributed by atoms with van der Waals surface area (Å²) in [6, 6.07) is 29.8. The Bertz CT molecular complexity index is 1450. The molecule has 0 aliphatic heterocycles. The largest absolute Gasteiger partial charge is 0.489 e.